The minimum atomic E-state index is -0.512. The lowest BCUT2D eigenvalue weighted by atomic mass is 10.1. The zero-order valence-corrected chi connectivity index (χ0v) is 15.5. The van der Waals surface area contributed by atoms with Gasteiger partial charge in [-0.2, -0.15) is 0 Å². The smallest absolute Gasteiger partial charge is 0.264 e. The summed E-state index contributed by atoms with van der Waals surface area (Å²) in [6.07, 6.45) is 1.21. The van der Waals surface area contributed by atoms with Crippen molar-refractivity contribution in [3.8, 4) is 11.3 Å². The van der Waals surface area contributed by atoms with Crippen LogP contribution in [0, 0.1) is 0 Å². The van der Waals surface area contributed by atoms with Gasteiger partial charge in [0.25, 0.3) is 5.91 Å². The highest BCUT2D eigenvalue weighted by molar-refractivity contribution is 7.98. The van der Waals surface area contributed by atoms with E-state index >= 15 is 0 Å². The molecule has 1 aliphatic heterocycles. The fraction of sp³-hybridized carbons (Fsp3) is 0.0500. The molecule has 5 rings (SSSR count). The third-order valence-electron chi connectivity index (χ3n) is 4.34. The Morgan fingerprint density at radius 1 is 1.11 bits per heavy atom. The maximum Gasteiger partial charge on any atom is 0.264 e. The van der Waals surface area contributed by atoms with Gasteiger partial charge in [-0.05, 0) is 18.2 Å². The molecule has 1 N–H and O–H groups in total. The van der Waals surface area contributed by atoms with E-state index in [1.165, 1.54) is 22.5 Å². The monoisotopic (exact) mass is 392 g/mol. The Labute approximate surface area is 162 Å². The number of aromatic nitrogens is 1. The van der Waals surface area contributed by atoms with Crippen LogP contribution < -0.4 is 10.7 Å². The molecule has 0 saturated heterocycles. The SMILES string of the molecule is O=C(Nc1nc2c(s1)CSc1ccccc1-2)c1coc2ccccc2c1=O. The summed E-state index contributed by atoms with van der Waals surface area (Å²) in [5.41, 5.74) is 2.05. The number of thiazole rings is 1. The second kappa shape index (κ2) is 6.37. The number of rotatable bonds is 2. The highest BCUT2D eigenvalue weighted by atomic mass is 32.2. The molecule has 0 fully saturated rings. The van der Waals surface area contributed by atoms with Crippen molar-refractivity contribution in [3.63, 3.8) is 0 Å². The summed E-state index contributed by atoms with van der Waals surface area (Å²) in [6.45, 7) is 0. The molecule has 3 heterocycles. The average molecular weight is 392 g/mol. The molecule has 0 saturated carbocycles. The summed E-state index contributed by atoms with van der Waals surface area (Å²) < 4.78 is 5.43. The summed E-state index contributed by atoms with van der Waals surface area (Å²) in [7, 11) is 0. The van der Waals surface area contributed by atoms with E-state index in [2.05, 4.69) is 16.4 Å². The molecule has 1 aliphatic rings. The van der Waals surface area contributed by atoms with E-state index < -0.39 is 5.91 Å². The number of nitrogens with zero attached hydrogens (tertiary/aromatic N) is 1. The van der Waals surface area contributed by atoms with E-state index in [0.717, 1.165) is 21.9 Å². The Balaban J connectivity index is 1.49. The number of amides is 1. The number of thioether (sulfide) groups is 1. The van der Waals surface area contributed by atoms with Gasteiger partial charge in [0.1, 0.15) is 17.4 Å². The van der Waals surface area contributed by atoms with Crippen LogP contribution in [0.5, 0.6) is 0 Å². The minimum absolute atomic E-state index is 0.0309. The van der Waals surface area contributed by atoms with Crippen LogP contribution >= 0.6 is 23.1 Å². The second-order valence-electron chi connectivity index (χ2n) is 6.00. The summed E-state index contributed by atoms with van der Waals surface area (Å²) in [6, 6.07) is 14.9. The number of hydrogen-bond donors (Lipinski definition) is 1. The molecule has 0 atom stereocenters. The van der Waals surface area contributed by atoms with Crippen molar-refractivity contribution < 1.29 is 9.21 Å². The summed E-state index contributed by atoms with van der Waals surface area (Å²) in [5.74, 6) is 0.305. The molecule has 4 aromatic rings. The van der Waals surface area contributed by atoms with Crippen LogP contribution in [0.2, 0.25) is 0 Å². The van der Waals surface area contributed by atoms with E-state index in [4.69, 9.17) is 4.42 Å². The first-order chi connectivity index (χ1) is 13.2. The lowest BCUT2D eigenvalue weighted by Crippen LogP contribution is -2.21. The molecule has 0 bridgehead atoms. The Kier molecular flexibility index (Phi) is 3.84. The number of benzene rings is 2. The molecular formula is C20H12N2O3S2. The first kappa shape index (κ1) is 16.3. The first-order valence-electron chi connectivity index (χ1n) is 8.24. The molecule has 0 aliphatic carbocycles. The van der Waals surface area contributed by atoms with Gasteiger partial charge in [-0.3, -0.25) is 14.9 Å². The maximum absolute atomic E-state index is 12.6. The summed E-state index contributed by atoms with van der Waals surface area (Å²) >= 11 is 3.19. The maximum atomic E-state index is 12.6. The molecule has 5 nitrogen and oxygen atoms in total. The third-order valence-corrected chi connectivity index (χ3v) is 6.60. The van der Waals surface area contributed by atoms with Crippen LogP contribution in [-0.2, 0) is 5.75 Å². The molecule has 2 aromatic heterocycles. The zero-order valence-electron chi connectivity index (χ0n) is 13.9. The number of hydrogen-bond acceptors (Lipinski definition) is 6. The van der Waals surface area contributed by atoms with Gasteiger partial charge in [-0.1, -0.05) is 30.3 Å². The molecule has 0 unspecified atom stereocenters. The van der Waals surface area contributed by atoms with Gasteiger partial charge in [0.2, 0.25) is 5.43 Å². The third kappa shape index (κ3) is 2.75. The molecule has 132 valence electrons. The number of fused-ring (bicyclic) bond motifs is 4. The second-order valence-corrected chi connectivity index (χ2v) is 8.11. The fourth-order valence-corrected chi connectivity index (χ4v) is 5.14. The van der Waals surface area contributed by atoms with Crippen LogP contribution in [0.1, 0.15) is 15.2 Å². The van der Waals surface area contributed by atoms with Gasteiger partial charge >= 0.3 is 0 Å². The molecule has 2 aromatic carbocycles. The highest BCUT2D eigenvalue weighted by Gasteiger charge is 2.22. The Morgan fingerprint density at radius 3 is 2.85 bits per heavy atom. The van der Waals surface area contributed by atoms with E-state index in [1.807, 2.05) is 18.2 Å². The van der Waals surface area contributed by atoms with Crippen molar-refractivity contribution >= 4 is 45.1 Å². The molecule has 0 spiro atoms. The molecule has 0 radical (unpaired) electrons. The largest absolute Gasteiger partial charge is 0.463 e. The Bertz CT molecular complexity index is 1260. The topological polar surface area (TPSA) is 72.2 Å². The number of carbonyl (C=O) groups excluding carboxylic acids is 1. The summed E-state index contributed by atoms with van der Waals surface area (Å²) in [4.78, 5) is 32.1. The van der Waals surface area contributed by atoms with Gasteiger partial charge in [0.05, 0.1) is 11.1 Å². The molecule has 7 heteroatoms. The van der Waals surface area contributed by atoms with Crippen molar-refractivity contribution in [2.75, 3.05) is 5.32 Å². The first-order valence-corrected chi connectivity index (χ1v) is 10.0. The lowest BCUT2D eigenvalue weighted by Gasteiger charge is -2.13. The lowest BCUT2D eigenvalue weighted by molar-refractivity contribution is 0.102. The number of para-hydroxylation sites is 1. The van der Waals surface area contributed by atoms with Crippen molar-refractivity contribution in [1.82, 2.24) is 4.98 Å². The molecular weight excluding hydrogens is 380 g/mol. The van der Waals surface area contributed by atoms with Gasteiger partial charge in [-0.15, -0.1) is 23.1 Å². The molecule has 1 amide bonds. The predicted octanol–water partition coefficient (Wildman–Crippen LogP) is 4.77. The average Bonchev–Trinajstić information content (AvgIpc) is 3.11. The number of anilines is 1. The van der Waals surface area contributed by atoms with Gasteiger partial charge in [0.15, 0.2) is 5.13 Å². The van der Waals surface area contributed by atoms with E-state index in [0.29, 0.717) is 16.1 Å². The number of carbonyl (C=O) groups is 1. The standard InChI is InChI=1S/C20H12N2O3S2/c23-18-11-5-1-3-7-14(11)25-9-13(18)19(24)22-20-21-17-12-6-2-4-8-15(12)26-10-16(17)27-20/h1-9H,10H2,(H,21,22,24). The number of nitrogens with one attached hydrogen (secondary N) is 1. The normalized spacial score (nSPS) is 12.4. The van der Waals surface area contributed by atoms with E-state index in [-0.39, 0.29) is 11.0 Å². The van der Waals surface area contributed by atoms with Gasteiger partial charge in [0, 0.05) is 21.1 Å². The van der Waals surface area contributed by atoms with Gasteiger partial charge in [-0.25, -0.2) is 4.98 Å². The van der Waals surface area contributed by atoms with Crippen molar-refractivity contribution in [3.05, 3.63) is 75.5 Å². The van der Waals surface area contributed by atoms with Crippen LogP contribution in [0.15, 0.2) is 68.9 Å². The minimum Gasteiger partial charge on any atom is -0.463 e. The summed E-state index contributed by atoms with van der Waals surface area (Å²) in [5, 5.41) is 3.62. The van der Waals surface area contributed by atoms with Crippen LogP contribution in [0.25, 0.3) is 22.2 Å². The Hall–Kier alpha value is -2.90. The van der Waals surface area contributed by atoms with Gasteiger partial charge < -0.3 is 4.42 Å². The predicted molar refractivity (Wildman–Crippen MR) is 108 cm³/mol. The quantitative estimate of drug-likeness (QED) is 0.532. The van der Waals surface area contributed by atoms with Crippen LogP contribution in [-0.4, -0.2) is 10.9 Å². The Morgan fingerprint density at radius 2 is 1.93 bits per heavy atom. The highest BCUT2D eigenvalue weighted by Crippen LogP contribution is 2.44. The van der Waals surface area contributed by atoms with Crippen molar-refractivity contribution in [1.29, 1.82) is 0 Å². The van der Waals surface area contributed by atoms with Crippen LogP contribution in [0.3, 0.4) is 0 Å². The molecule has 27 heavy (non-hydrogen) atoms. The zero-order chi connectivity index (χ0) is 18.4. The van der Waals surface area contributed by atoms with E-state index in [9.17, 15) is 9.59 Å². The van der Waals surface area contributed by atoms with Crippen molar-refractivity contribution in [2.24, 2.45) is 0 Å². The van der Waals surface area contributed by atoms with Crippen LogP contribution in [0.4, 0.5) is 5.13 Å². The van der Waals surface area contributed by atoms with Crippen molar-refractivity contribution in [2.45, 2.75) is 10.6 Å². The fourth-order valence-electron chi connectivity index (χ4n) is 3.04. The van der Waals surface area contributed by atoms with E-state index in [1.54, 1.807) is 36.0 Å².